The lowest BCUT2D eigenvalue weighted by atomic mass is 9.87. The van der Waals surface area contributed by atoms with Crippen LogP contribution in [0.2, 0.25) is 0 Å². The van der Waals surface area contributed by atoms with Gasteiger partial charge in [-0.15, -0.1) is 23.1 Å². The fourth-order valence-electron chi connectivity index (χ4n) is 2.92. The van der Waals surface area contributed by atoms with Gasteiger partial charge < -0.3 is 5.32 Å². The molecule has 4 heteroatoms. The number of aromatic nitrogens is 1. The van der Waals surface area contributed by atoms with Crippen LogP contribution in [0, 0.1) is 0 Å². The minimum absolute atomic E-state index is 0.103. The molecule has 0 saturated heterocycles. The third-order valence-electron chi connectivity index (χ3n) is 4.04. The molecule has 0 aliphatic carbocycles. The molecular weight excluding hydrogens is 296 g/mol. The molecule has 112 valence electrons. The molecule has 0 spiro atoms. The Bertz CT molecular complexity index is 621. The molecule has 1 unspecified atom stereocenters. The topological polar surface area (TPSA) is 24.9 Å². The summed E-state index contributed by atoms with van der Waals surface area (Å²) in [6.07, 6.45) is 1.10. The van der Waals surface area contributed by atoms with Gasteiger partial charge in [0.25, 0.3) is 0 Å². The highest BCUT2D eigenvalue weighted by Crippen LogP contribution is 2.45. The summed E-state index contributed by atoms with van der Waals surface area (Å²) in [5.74, 6) is 1.63. The van der Waals surface area contributed by atoms with Crippen LogP contribution in [0.5, 0.6) is 0 Å². The molecule has 0 saturated carbocycles. The van der Waals surface area contributed by atoms with Crippen LogP contribution < -0.4 is 5.32 Å². The highest BCUT2D eigenvalue weighted by atomic mass is 32.2. The van der Waals surface area contributed by atoms with E-state index in [4.69, 9.17) is 4.98 Å². The maximum Gasteiger partial charge on any atom is 0.118 e. The predicted molar refractivity (Wildman–Crippen MR) is 92.4 cm³/mol. The number of rotatable bonds is 4. The third kappa shape index (κ3) is 2.65. The van der Waals surface area contributed by atoms with Crippen LogP contribution in [0.15, 0.2) is 34.5 Å². The molecule has 2 nitrogen and oxygen atoms in total. The van der Waals surface area contributed by atoms with E-state index in [9.17, 15) is 0 Å². The molecule has 1 aliphatic rings. The monoisotopic (exact) mass is 318 g/mol. The number of thioether (sulfide) groups is 1. The van der Waals surface area contributed by atoms with Gasteiger partial charge in [-0.05, 0) is 30.5 Å². The average molecular weight is 319 g/mol. The molecule has 0 radical (unpaired) electrons. The molecule has 0 fully saturated rings. The molecule has 1 aromatic carbocycles. The highest BCUT2D eigenvalue weighted by Gasteiger charge is 2.40. The van der Waals surface area contributed by atoms with Crippen molar-refractivity contribution in [1.82, 2.24) is 10.3 Å². The van der Waals surface area contributed by atoms with Crippen molar-refractivity contribution in [3.8, 4) is 0 Å². The Balaban J connectivity index is 2.12. The summed E-state index contributed by atoms with van der Waals surface area (Å²) in [6, 6.07) is 8.78. The van der Waals surface area contributed by atoms with Crippen molar-refractivity contribution in [1.29, 1.82) is 0 Å². The van der Waals surface area contributed by atoms with E-state index in [0.717, 1.165) is 18.7 Å². The van der Waals surface area contributed by atoms with Gasteiger partial charge in [-0.2, -0.15) is 0 Å². The summed E-state index contributed by atoms with van der Waals surface area (Å²) in [5, 5.41) is 7.21. The quantitative estimate of drug-likeness (QED) is 0.890. The molecule has 21 heavy (non-hydrogen) atoms. The summed E-state index contributed by atoms with van der Waals surface area (Å²) in [4.78, 5) is 6.36. The fourth-order valence-corrected chi connectivity index (χ4v) is 5.33. The number of fused-ring (bicyclic) bond motifs is 1. The Hall–Kier alpha value is -0.840. The smallest absolute Gasteiger partial charge is 0.118 e. The minimum atomic E-state index is -0.103. The van der Waals surface area contributed by atoms with Crippen molar-refractivity contribution < 1.29 is 0 Å². The van der Waals surface area contributed by atoms with Gasteiger partial charge in [0, 0.05) is 16.0 Å². The normalized spacial score (nSPS) is 21.5. The third-order valence-corrected chi connectivity index (χ3v) is 6.14. The Morgan fingerprint density at radius 2 is 2.14 bits per heavy atom. The zero-order valence-corrected chi connectivity index (χ0v) is 14.5. The van der Waals surface area contributed by atoms with E-state index >= 15 is 0 Å². The Labute approximate surface area is 135 Å². The number of thiazole rings is 1. The van der Waals surface area contributed by atoms with Crippen molar-refractivity contribution in [3.63, 3.8) is 0 Å². The van der Waals surface area contributed by atoms with E-state index < -0.39 is 0 Å². The maximum atomic E-state index is 4.97. The van der Waals surface area contributed by atoms with Crippen molar-refractivity contribution in [2.75, 3.05) is 12.3 Å². The number of nitrogens with one attached hydrogen (secondary N) is 1. The number of hydrogen-bond donors (Lipinski definition) is 1. The van der Waals surface area contributed by atoms with Gasteiger partial charge in [0.1, 0.15) is 5.01 Å². The fraction of sp³-hybridized carbons (Fsp3) is 0.471. The highest BCUT2D eigenvalue weighted by molar-refractivity contribution is 7.99. The van der Waals surface area contributed by atoms with E-state index in [1.54, 1.807) is 11.3 Å². The second-order valence-electron chi connectivity index (χ2n) is 5.76. The molecule has 2 aromatic rings. The Morgan fingerprint density at radius 1 is 1.33 bits per heavy atom. The van der Waals surface area contributed by atoms with Crippen molar-refractivity contribution in [2.45, 2.75) is 43.5 Å². The summed E-state index contributed by atoms with van der Waals surface area (Å²) in [6.45, 7) is 7.56. The van der Waals surface area contributed by atoms with Gasteiger partial charge in [-0.1, -0.05) is 39.0 Å². The van der Waals surface area contributed by atoms with Gasteiger partial charge in [-0.3, -0.25) is 0 Å². The molecule has 1 aromatic heterocycles. The standard InChI is InChI=1S/C17H22N2S2/c1-4-18-17(16-19-14(11-21-16)12(2)3)9-10-20-15-8-6-5-7-13(15)17/h5-8,11-12,18H,4,9-10H2,1-3H3. The van der Waals surface area contributed by atoms with Crippen LogP contribution in [-0.4, -0.2) is 17.3 Å². The van der Waals surface area contributed by atoms with E-state index in [0.29, 0.717) is 5.92 Å². The van der Waals surface area contributed by atoms with Crippen LogP contribution >= 0.6 is 23.1 Å². The predicted octanol–water partition coefficient (Wildman–Crippen LogP) is 4.62. The van der Waals surface area contributed by atoms with Gasteiger partial charge >= 0.3 is 0 Å². The number of hydrogen-bond acceptors (Lipinski definition) is 4. The molecule has 0 bridgehead atoms. The van der Waals surface area contributed by atoms with E-state index in [-0.39, 0.29) is 5.54 Å². The molecular formula is C17H22N2S2. The Kier molecular flexibility index (Phi) is 4.38. The van der Waals surface area contributed by atoms with Crippen LogP contribution in [0.4, 0.5) is 0 Å². The summed E-state index contributed by atoms with van der Waals surface area (Å²) >= 11 is 3.77. The van der Waals surface area contributed by atoms with E-state index in [1.165, 1.54) is 21.2 Å². The molecule has 3 rings (SSSR count). The first-order valence-corrected chi connectivity index (χ1v) is 9.47. The van der Waals surface area contributed by atoms with Gasteiger partial charge in [0.15, 0.2) is 0 Å². The SMILES string of the molecule is CCNC1(c2nc(C(C)C)cs2)CCSc2ccccc21. The first kappa shape index (κ1) is 15.1. The lowest BCUT2D eigenvalue weighted by Gasteiger charge is -2.38. The second-order valence-corrected chi connectivity index (χ2v) is 7.76. The van der Waals surface area contributed by atoms with E-state index in [2.05, 4.69) is 55.7 Å². The first-order valence-electron chi connectivity index (χ1n) is 7.60. The lowest BCUT2D eigenvalue weighted by molar-refractivity contribution is 0.387. The zero-order valence-electron chi connectivity index (χ0n) is 12.8. The molecule has 1 N–H and O–H groups in total. The van der Waals surface area contributed by atoms with Crippen LogP contribution in [0.1, 0.15) is 49.4 Å². The van der Waals surface area contributed by atoms with Crippen LogP contribution in [-0.2, 0) is 5.54 Å². The second kappa shape index (κ2) is 6.11. The lowest BCUT2D eigenvalue weighted by Crippen LogP contribution is -2.45. The molecule has 1 aliphatic heterocycles. The molecule has 2 heterocycles. The van der Waals surface area contributed by atoms with Crippen molar-refractivity contribution in [2.24, 2.45) is 0 Å². The molecule has 0 amide bonds. The average Bonchev–Trinajstić information content (AvgIpc) is 2.98. The first-order chi connectivity index (χ1) is 10.2. The van der Waals surface area contributed by atoms with Crippen molar-refractivity contribution in [3.05, 3.63) is 45.9 Å². The zero-order chi connectivity index (χ0) is 14.9. The van der Waals surface area contributed by atoms with Gasteiger partial charge in [-0.25, -0.2) is 4.98 Å². The van der Waals surface area contributed by atoms with Crippen molar-refractivity contribution >= 4 is 23.1 Å². The van der Waals surface area contributed by atoms with Crippen LogP contribution in [0.25, 0.3) is 0 Å². The molecule has 1 atom stereocenters. The van der Waals surface area contributed by atoms with E-state index in [1.807, 2.05) is 11.8 Å². The van der Waals surface area contributed by atoms with Crippen LogP contribution in [0.3, 0.4) is 0 Å². The summed E-state index contributed by atoms with van der Waals surface area (Å²) in [5.41, 5.74) is 2.50. The largest absolute Gasteiger partial charge is 0.302 e. The van der Waals surface area contributed by atoms with Gasteiger partial charge in [0.2, 0.25) is 0 Å². The summed E-state index contributed by atoms with van der Waals surface area (Å²) in [7, 11) is 0. The number of benzene rings is 1. The summed E-state index contributed by atoms with van der Waals surface area (Å²) < 4.78 is 0. The Morgan fingerprint density at radius 3 is 2.86 bits per heavy atom. The minimum Gasteiger partial charge on any atom is -0.302 e. The van der Waals surface area contributed by atoms with Gasteiger partial charge in [0.05, 0.1) is 11.2 Å². The maximum absolute atomic E-state index is 4.97. The number of nitrogens with zero attached hydrogens (tertiary/aromatic N) is 1.